The number of hydrogen-bond acceptors (Lipinski definition) is 2. The van der Waals surface area contributed by atoms with E-state index in [-0.39, 0.29) is 21.2 Å². The Bertz CT molecular complexity index is 255. The first-order valence-corrected chi connectivity index (χ1v) is 7.09. The van der Waals surface area contributed by atoms with E-state index >= 15 is 0 Å². The van der Waals surface area contributed by atoms with E-state index in [4.69, 9.17) is 4.74 Å². The highest BCUT2D eigenvalue weighted by Crippen LogP contribution is 2.53. The van der Waals surface area contributed by atoms with E-state index in [0.29, 0.717) is 5.04 Å². The van der Waals surface area contributed by atoms with E-state index < -0.39 is 0 Å². The van der Waals surface area contributed by atoms with Gasteiger partial charge >= 0.3 is 6.09 Å². The van der Waals surface area contributed by atoms with Gasteiger partial charge < -0.3 is 9.64 Å². The van der Waals surface area contributed by atoms with Gasteiger partial charge in [0.05, 0.1) is 0 Å². The van der Waals surface area contributed by atoms with Crippen molar-refractivity contribution in [2.45, 2.75) is 43.9 Å². The Balaban J connectivity index is 1.87. The second kappa shape index (κ2) is 2.99. The number of likely N-dealkylation sites (tertiary alicyclic amines) is 1. The summed E-state index contributed by atoms with van der Waals surface area (Å²) >= 11 is 0. The van der Waals surface area contributed by atoms with Crippen molar-refractivity contribution >= 4 is 15.6 Å². The Hall–Kier alpha value is -0.513. The Labute approximate surface area is 87.6 Å². The third kappa shape index (κ3) is 2.11. The molecular formula is C10H19NO2Si. The van der Waals surface area contributed by atoms with Gasteiger partial charge in [-0.2, -0.15) is 0 Å². The smallest absolute Gasteiger partial charge is 0.410 e. The van der Waals surface area contributed by atoms with Gasteiger partial charge in [0, 0.05) is 22.6 Å². The molecule has 1 amide bonds. The summed E-state index contributed by atoms with van der Waals surface area (Å²) in [4.78, 5) is 13.6. The summed E-state index contributed by atoms with van der Waals surface area (Å²) in [5, 5.41) is 0.636. The van der Waals surface area contributed by atoms with E-state index in [9.17, 15) is 4.79 Å². The number of ether oxygens (including phenoxy) is 1. The maximum absolute atomic E-state index is 11.7. The topological polar surface area (TPSA) is 29.5 Å². The first-order valence-electron chi connectivity index (χ1n) is 5.38. The SMILES string of the molecule is CC(C)(C)OC(=O)N1CC[C@]2(C[SiH2]2)C1. The monoisotopic (exact) mass is 213 g/mol. The van der Waals surface area contributed by atoms with Crippen LogP contribution in [0, 0.1) is 0 Å². The molecule has 0 unspecified atom stereocenters. The number of carbonyl (C=O) groups excluding carboxylic acids is 1. The van der Waals surface area contributed by atoms with Crippen LogP contribution in [0.3, 0.4) is 0 Å². The van der Waals surface area contributed by atoms with Crippen LogP contribution in [-0.2, 0) is 4.74 Å². The van der Waals surface area contributed by atoms with Gasteiger partial charge in [-0.15, -0.1) is 0 Å². The quantitative estimate of drug-likeness (QED) is 0.569. The predicted molar refractivity (Wildman–Crippen MR) is 58.5 cm³/mol. The summed E-state index contributed by atoms with van der Waals surface area (Å²) in [6, 6.07) is 1.44. The molecule has 0 N–H and O–H groups in total. The highest BCUT2D eigenvalue weighted by molar-refractivity contribution is 6.54. The summed E-state index contributed by atoms with van der Waals surface area (Å²) in [6.07, 6.45) is 1.12. The molecule has 0 saturated carbocycles. The molecule has 2 rings (SSSR count). The lowest BCUT2D eigenvalue weighted by molar-refractivity contribution is 0.0292. The van der Waals surface area contributed by atoms with Crippen LogP contribution in [0.2, 0.25) is 11.1 Å². The average molecular weight is 213 g/mol. The van der Waals surface area contributed by atoms with Crippen molar-refractivity contribution in [3.05, 3.63) is 0 Å². The van der Waals surface area contributed by atoms with Gasteiger partial charge in [0.2, 0.25) is 0 Å². The molecule has 1 atom stereocenters. The number of nitrogens with zero attached hydrogens (tertiary/aromatic N) is 1. The van der Waals surface area contributed by atoms with Crippen molar-refractivity contribution in [1.29, 1.82) is 0 Å². The lowest BCUT2D eigenvalue weighted by Crippen LogP contribution is -2.35. The number of carbonyl (C=O) groups is 1. The summed E-state index contributed by atoms with van der Waals surface area (Å²) < 4.78 is 5.35. The molecule has 0 aromatic heterocycles. The molecule has 2 fully saturated rings. The zero-order valence-electron chi connectivity index (χ0n) is 9.30. The fourth-order valence-electron chi connectivity index (χ4n) is 2.00. The molecule has 3 nitrogen and oxygen atoms in total. The average Bonchev–Trinajstić information content (AvgIpc) is 2.57. The summed E-state index contributed by atoms with van der Waals surface area (Å²) in [5.74, 6) is 0. The number of hydrogen-bond donors (Lipinski definition) is 0. The molecule has 1 spiro atoms. The van der Waals surface area contributed by atoms with Crippen LogP contribution in [0.1, 0.15) is 27.2 Å². The van der Waals surface area contributed by atoms with Gasteiger partial charge in [0.25, 0.3) is 0 Å². The maximum Gasteiger partial charge on any atom is 0.410 e. The standard InChI is InChI=1S/C10H19NO2Si/c1-9(2,3)13-8(12)11-5-4-10(6-11)7-14-10/h4-7,14H2,1-3H3/t10-/m1/s1. The molecule has 0 aromatic carbocycles. The van der Waals surface area contributed by atoms with Crippen LogP contribution < -0.4 is 0 Å². The Kier molecular flexibility index (Phi) is 2.14. The zero-order valence-corrected chi connectivity index (χ0v) is 10.7. The molecule has 2 heterocycles. The van der Waals surface area contributed by atoms with Crippen LogP contribution in [0.4, 0.5) is 4.79 Å². The Morgan fingerprint density at radius 1 is 1.50 bits per heavy atom. The first kappa shape index (κ1) is 10.0. The van der Waals surface area contributed by atoms with E-state index in [1.54, 1.807) is 0 Å². The molecule has 0 radical (unpaired) electrons. The van der Waals surface area contributed by atoms with Crippen molar-refractivity contribution in [3.63, 3.8) is 0 Å². The Morgan fingerprint density at radius 3 is 2.57 bits per heavy atom. The normalized spacial score (nSPS) is 32.6. The highest BCUT2D eigenvalue weighted by atomic mass is 28.2. The molecule has 14 heavy (non-hydrogen) atoms. The lowest BCUT2D eigenvalue weighted by atomic mass is 10.2. The minimum Gasteiger partial charge on any atom is -0.444 e. The summed E-state index contributed by atoms with van der Waals surface area (Å²) in [5.41, 5.74) is -0.353. The van der Waals surface area contributed by atoms with Crippen LogP contribution in [0.15, 0.2) is 0 Å². The minimum atomic E-state index is -0.353. The van der Waals surface area contributed by atoms with Gasteiger partial charge in [0.1, 0.15) is 5.60 Å². The molecular weight excluding hydrogens is 194 g/mol. The molecule has 0 aliphatic carbocycles. The third-order valence-electron chi connectivity index (χ3n) is 3.05. The zero-order chi connectivity index (χ0) is 10.4. The first-order chi connectivity index (χ1) is 6.40. The second-order valence-electron chi connectivity index (χ2n) is 5.65. The minimum absolute atomic E-state index is 0.115. The highest BCUT2D eigenvalue weighted by Gasteiger charge is 2.49. The largest absolute Gasteiger partial charge is 0.444 e. The molecule has 0 bridgehead atoms. The molecule has 2 saturated heterocycles. The van der Waals surface area contributed by atoms with Gasteiger partial charge in [-0.3, -0.25) is 0 Å². The van der Waals surface area contributed by atoms with Gasteiger partial charge in [-0.1, -0.05) is 6.04 Å². The second-order valence-corrected chi connectivity index (χ2v) is 8.15. The van der Waals surface area contributed by atoms with E-state index in [2.05, 4.69) is 0 Å². The van der Waals surface area contributed by atoms with E-state index in [1.807, 2.05) is 25.7 Å². The van der Waals surface area contributed by atoms with Crippen LogP contribution in [-0.4, -0.2) is 39.2 Å². The van der Waals surface area contributed by atoms with E-state index in [1.165, 1.54) is 12.5 Å². The maximum atomic E-state index is 11.7. The van der Waals surface area contributed by atoms with Crippen molar-refractivity contribution in [1.82, 2.24) is 4.90 Å². The van der Waals surface area contributed by atoms with Crippen molar-refractivity contribution < 1.29 is 9.53 Å². The van der Waals surface area contributed by atoms with Crippen LogP contribution in [0.25, 0.3) is 0 Å². The number of rotatable bonds is 0. The Morgan fingerprint density at radius 2 is 2.14 bits per heavy atom. The van der Waals surface area contributed by atoms with Crippen molar-refractivity contribution in [2.24, 2.45) is 0 Å². The number of amides is 1. The molecule has 0 aromatic rings. The van der Waals surface area contributed by atoms with Gasteiger partial charge in [-0.25, -0.2) is 4.79 Å². The molecule has 2 aliphatic rings. The lowest BCUT2D eigenvalue weighted by Gasteiger charge is -2.24. The van der Waals surface area contributed by atoms with Gasteiger partial charge in [0.15, 0.2) is 0 Å². The molecule has 4 heteroatoms. The summed E-state index contributed by atoms with van der Waals surface area (Å²) in [6.45, 7) is 7.66. The van der Waals surface area contributed by atoms with E-state index in [0.717, 1.165) is 13.1 Å². The van der Waals surface area contributed by atoms with Crippen LogP contribution in [0.5, 0.6) is 0 Å². The fraction of sp³-hybridized carbons (Fsp3) is 0.900. The van der Waals surface area contributed by atoms with Gasteiger partial charge in [-0.05, 0) is 32.2 Å². The third-order valence-corrected chi connectivity index (χ3v) is 5.54. The summed E-state index contributed by atoms with van der Waals surface area (Å²) in [7, 11) is 0.181. The molecule has 2 aliphatic heterocycles. The fourth-order valence-corrected chi connectivity index (χ4v) is 3.60. The molecule has 80 valence electrons. The van der Waals surface area contributed by atoms with Crippen LogP contribution >= 0.6 is 0 Å². The van der Waals surface area contributed by atoms with Crippen molar-refractivity contribution in [3.8, 4) is 0 Å². The van der Waals surface area contributed by atoms with Crippen molar-refractivity contribution in [2.75, 3.05) is 13.1 Å². The predicted octanol–water partition coefficient (Wildman–Crippen LogP) is 1.39.